The van der Waals surface area contributed by atoms with Crippen LogP contribution in [0.5, 0.6) is 0 Å². The van der Waals surface area contributed by atoms with E-state index in [0.717, 1.165) is 5.56 Å². The molecular formula is C20H19N3O4. The Hall–Kier alpha value is -3.61. The first-order valence-electron chi connectivity index (χ1n) is 8.41. The Morgan fingerprint density at radius 3 is 2.44 bits per heavy atom. The van der Waals surface area contributed by atoms with Crippen molar-refractivity contribution in [2.75, 3.05) is 5.32 Å². The summed E-state index contributed by atoms with van der Waals surface area (Å²) in [5.74, 6) is 0.288. The molecule has 27 heavy (non-hydrogen) atoms. The number of benzene rings is 2. The number of aromatic nitrogens is 1. The molecule has 1 aromatic heterocycles. The van der Waals surface area contributed by atoms with Crippen LogP contribution in [0.4, 0.5) is 10.5 Å². The standard InChI is InChI=1S/C20H19N3O4/c1-14(22-20(25)23-16-10-6-3-7-11-16)19(24)26-13-18-21-12-17(27-18)15-8-4-2-5-9-15/h2-12,14H,13H2,1H3,(H2,22,23,25)/t14-/m0/s1. The van der Waals surface area contributed by atoms with E-state index < -0.39 is 18.0 Å². The third-order valence-corrected chi connectivity index (χ3v) is 3.68. The fraction of sp³-hybridized carbons (Fsp3) is 0.150. The van der Waals surface area contributed by atoms with Crippen LogP contribution >= 0.6 is 0 Å². The zero-order chi connectivity index (χ0) is 19.1. The van der Waals surface area contributed by atoms with Gasteiger partial charge in [-0.25, -0.2) is 14.6 Å². The van der Waals surface area contributed by atoms with Crippen molar-refractivity contribution in [3.8, 4) is 11.3 Å². The molecule has 0 unspecified atom stereocenters. The van der Waals surface area contributed by atoms with Crippen molar-refractivity contribution in [1.82, 2.24) is 10.3 Å². The Morgan fingerprint density at radius 1 is 1.07 bits per heavy atom. The molecule has 2 amide bonds. The van der Waals surface area contributed by atoms with Gasteiger partial charge in [0, 0.05) is 11.3 Å². The van der Waals surface area contributed by atoms with Crippen LogP contribution in [0.3, 0.4) is 0 Å². The predicted molar refractivity (Wildman–Crippen MR) is 99.8 cm³/mol. The molecule has 0 saturated heterocycles. The zero-order valence-electron chi connectivity index (χ0n) is 14.7. The summed E-state index contributed by atoms with van der Waals surface area (Å²) in [5.41, 5.74) is 1.51. The van der Waals surface area contributed by atoms with Gasteiger partial charge in [0.1, 0.15) is 6.04 Å². The summed E-state index contributed by atoms with van der Waals surface area (Å²) in [4.78, 5) is 28.0. The SMILES string of the molecule is C[C@H](NC(=O)Nc1ccccc1)C(=O)OCc1ncc(-c2ccccc2)o1. The number of anilines is 1. The molecule has 7 nitrogen and oxygen atoms in total. The minimum atomic E-state index is -0.822. The van der Waals surface area contributed by atoms with E-state index in [-0.39, 0.29) is 12.5 Å². The zero-order valence-corrected chi connectivity index (χ0v) is 14.7. The number of carbonyl (C=O) groups is 2. The van der Waals surface area contributed by atoms with Gasteiger partial charge in [0.2, 0.25) is 5.89 Å². The van der Waals surface area contributed by atoms with Crippen molar-refractivity contribution in [1.29, 1.82) is 0 Å². The summed E-state index contributed by atoms with van der Waals surface area (Å²) in [5, 5.41) is 5.15. The van der Waals surface area contributed by atoms with Crippen LogP contribution in [-0.4, -0.2) is 23.0 Å². The molecule has 0 aliphatic heterocycles. The van der Waals surface area contributed by atoms with Crippen molar-refractivity contribution in [3.63, 3.8) is 0 Å². The maximum absolute atomic E-state index is 12.0. The molecule has 138 valence electrons. The van der Waals surface area contributed by atoms with Crippen molar-refractivity contribution in [2.24, 2.45) is 0 Å². The highest BCUT2D eigenvalue weighted by molar-refractivity contribution is 5.92. The smallest absolute Gasteiger partial charge is 0.328 e. The maximum Gasteiger partial charge on any atom is 0.328 e. The minimum Gasteiger partial charge on any atom is -0.454 e. The third kappa shape index (κ3) is 5.18. The highest BCUT2D eigenvalue weighted by atomic mass is 16.5. The molecule has 2 N–H and O–H groups in total. The molecule has 0 spiro atoms. The Kier molecular flexibility index (Phi) is 5.84. The lowest BCUT2D eigenvalue weighted by atomic mass is 10.2. The van der Waals surface area contributed by atoms with Gasteiger partial charge in [-0.05, 0) is 19.1 Å². The number of hydrogen-bond donors (Lipinski definition) is 2. The van der Waals surface area contributed by atoms with E-state index in [0.29, 0.717) is 11.4 Å². The van der Waals surface area contributed by atoms with Crippen LogP contribution in [0.1, 0.15) is 12.8 Å². The molecule has 1 atom stereocenters. The first-order valence-corrected chi connectivity index (χ1v) is 8.41. The minimum absolute atomic E-state index is 0.113. The number of rotatable bonds is 6. The first kappa shape index (κ1) is 18.2. The molecule has 0 fully saturated rings. The summed E-state index contributed by atoms with van der Waals surface area (Å²) >= 11 is 0. The summed E-state index contributed by atoms with van der Waals surface area (Å²) in [7, 11) is 0. The van der Waals surface area contributed by atoms with E-state index in [1.807, 2.05) is 36.4 Å². The number of carbonyl (C=O) groups excluding carboxylic acids is 2. The molecule has 2 aromatic carbocycles. The number of nitrogens with zero attached hydrogens (tertiary/aromatic N) is 1. The molecule has 0 aliphatic rings. The van der Waals surface area contributed by atoms with Gasteiger partial charge in [0.05, 0.1) is 6.20 Å². The number of amides is 2. The van der Waals surface area contributed by atoms with Crippen LogP contribution in [-0.2, 0) is 16.1 Å². The first-order chi connectivity index (χ1) is 13.1. The lowest BCUT2D eigenvalue weighted by molar-refractivity contribution is -0.147. The summed E-state index contributed by atoms with van der Waals surface area (Å²) in [6, 6.07) is 17.1. The maximum atomic E-state index is 12.0. The van der Waals surface area contributed by atoms with Gasteiger partial charge in [-0.2, -0.15) is 0 Å². The van der Waals surface area contributed by atoms with Crippen LogP contribution in [0, 0.1) is 0 Å². The number of oxazole rings is 1. The Bertz CT molecular complexity index is 894. The third-order valence-electron chi connectivity index (χ3n) is 3.68. The molecule has 0 bridgehead atoms. The molecule has 1 heterocycles. The van der Waals surface area contributed by atoms with E-state index in [1.165, 1.54) is 6.92 Å². The molecule has 0 radical (unpaired) electrons. The predicted octanol–water partition coefficient (Wildman–Crippen LogP) is 3.60. The van der Waals surface area contributed by atoms with Crippen LogP contribution in [0.15, 0.2) is 71.3 Å². The fourth-order valence-corrected chi connectivity index (χ4v) is 2.31. The molecular weight excluding hydrogens is 346 g/mol. The van der Waals surface area contributed by atoms with Gasteiger partial charge < -0.3 is 19.8 Å². The lowest BCUT2D eigenvalue weighted by Crippen LogP contribution is -2.41. The topological polar surface area (TPSA) is 93.5 Å². The van der Waals surface area contributed by atoms with Gasteiger partial charge in [0.15, 0.2) is 12.4 Å². The molecule has 3 rings (SSSR count). The number of para-hydroxylation sites is 1. The van der Waals surface area contributed by atoms with Crippen LogP contribution in [0.25, 0.3) is 11.3 Å². The molecule has 0 saturated carbocycles. The van der Waals surface area contributed by atoms with E-state index >= 15 is 0 Å². The van der Waals surface area contributed by atoms with E-state index in [4.69, 9.17) is 9.15 Å². The van der Waals surface area contributed by atoms with Crippen molar-refractivity contribution < 1.29 is 18.7 Å². The molecule has 7 heteroatoms. The van der Waals surface area contributed by atoms with Gasteiger partial charge in [-0.15, -0.1) is 0 Å². The van der Waals surface area contributed by atoms with E-state index in [9.17, 15) is 9.59 Å². The second kappa shape index (κ2) is 8.66. The number of urea groups is 1. The summed E-state index contributed by atoms with van der Waals surface area (Å²) in [6.07, 6.45) is 1.58. The molecule has 3 aromatic rings. The fourth-order valence-electron chi connectivity index (χ4n) is 2.31. The normalized spacial score (nSPS) is 11.4. The molecule has 0 aliphatic carbocycles. The number of esters is 1. The highest BCUT2D eigenvalue weighted by Gasteiger charge is 2.18. The second-order valence-corrected chi connectivity index (χ2v) is 5.78. The van der Waals surface area contributed by atoms with Gasteiger partial charge in [0.25, 0.3) is 0 Å². The average Bonchev–Trinajstić information content (AvgIpc) is 3.16. The van der Waals surface area contributed by atoms with Crippen molar-refractivity contribution in [2.45, 2.75) is 19.6 Å². The number of hydrogen-bond acceptors (Lipinski definition) is 5. The van der Waals surface area contributed by atoms with E-state index in [2.05, 4.69) is 15.6 Å². The van der Waals surface area contributed by atoms with Gasteiger partial charge >= 0.3 is 12.0 Å². The van der Waals surface area contributed by atoms with Crippen LogP contribution in [0.2, 0.25) is 0 Å². The van der Waals surface area contributed by atoms with Gasteiger partial charge in [-0.1, -0.05) is 48.5 Å². The summed E-state index contributed by atoms with van der Waals surface area (Å²) < 4.78 is 10.7. The van der Waals surface area contributed by atoms with Gasteiger partial charge in [-0.3, -0.25) is 0 Å². The van der Waals surface area contributed by atoms with Crippen molar-refractivity contribution in [3.05, 3.63) is 72.8 Å². The number of nitrogens with one attached hydrogen (secondary N) is 2. The Morgan fingerprint density at radius 2 is 1.74 bits per heavy atom. The second-order valence-electron chi connectivity index (χ2n) is 5.78. The van der Waals surface area contributed by atoms with E-state index in [1.54, 1.807) is 30.5 Å². The summed E-state index contributed by atoms with van der Waals surface area (Å²) in [6.45, 7) is 1.43. The monoisotopic (exact) mass is 365 g/mol. The lowest BCUT2D eigenvalue weighted by Gasteiger charge is -2.13. The number of ether oxygens (including phenoxy) is 1. The highest BCUT2D eigenvalue weighted by Crippen LogP contribution is 2.20. The Balaban J connectivity index is 1.47. The average molecular weight is 365 g/mol. The Labute approximate surface area is 156 Å². The van der Waals surface area contributed by atoms with Crippen molar-refractivity contribution >= 4 is 17.7 Å². The quantitative estimate of drug-likeness (QED) is 0.651. The largest absolute Gasteiger partial charge is 0.454 e. The van der Waals surface area contributed by atoms with Crippen LogP contribution < -0.4 is 10.6 Å².